The molecule has 0 bridgehead atoms. The fraction of sp³-hybridized carbons (Fsp3) is 0.478. The first-order chi connectivity index (χ1) is 14.6. The lowest BCUT2D eigenvalue weighted by atomic mass is 9.97. The number of carbonyl (C=O) groups excluding carboxylic acids is 1. The summed E-state index contributed by atoms with van der Waals surface area (Å²) < 4.78 is 1.83. The van der Waals surface area contributed by atoms with Gasteiger partial charge in [0, 0.05) is 25.6 Å². The number of benzene rings is 1. The predicted octanol–water partition coefficient (Wildman–Crippen LogP) is 3.21. The summed E-state index contributed by atoms with van der Waals surface area (Å²) in [6, 6.07) is 14.3. The summed E-state index contributed by atoms with van der Waals surface area (Å²) in [5, 5.41) is 16.4. The van der Waals surface area contributed by atoms with Crippen molar-refractivity contribution in [3.8, 4) is 0 Å². The van der Waals surface area contributed by atoms with Crippen LogP contribution in [0.4, 0.5) is 5.82 Å². The summed E-state index contributed by atoms with van der Waals surface area (Å²) in [4.78, 5) is 14.9. The van der Waals surface area contributed by atoms with Crippen LogP contribution in [0, 0.1) is 5.92 Å². The topological polar surface area (TPSA) is 75.4 Å². The highest BCUT2D eigenvalue weighted by Gasteiger charge is 2.27. The van der Waals surface area contributed by atoms with Crippen LogP contribution in [-0.4, -0.2) is 45.4 Å². The van der Waals surface area contributed by atoms with Gasteiger partial charge in [-0.25, -0.2) is 0 Å². The molecule has 2 aromatic heterocycles. The lowest BCUT2D eigenvalue weighted by molar-refractivity contribution is -0.125. The van der Waals surface area contributed by atoms with E-state index in [9.17, 15) is 4.79 Å². The van der Waals surface area contributed by atoms with Crippen LogP contribution in [-0.2, 0) is 11.2 Å². The molecular weight excluding hydrogens is 376 g/mol. The molecule has 1 saturated heterocycles. The van der Waals surface area contributed by atoms with Gasteiger partial charge in [0.15, 0.2) is 11.5 Å². The first-order valence-electron chi connectivity index (χ1n) is 10.9. The Morgan fingerprint density at radius 2 is 2.00 bits per heavy atom. The van der Waals surface area contributed by atoms with Crippen LogP contribution >= 0.6 is 0 Å². The molecule has 1 N–H and O–H groups in total. The molecule has 0 radical (unpaired) electrons. The zero-order chi connectivity index (χ0) is 20.9. The van der Waals surface area contributed by atoms with E-state index in [-0.39, 0.29) is 17.7 Å². The summed E-state index contributed by atoms with van der Waals surface area (Å²) in [5.41, 5.74) is 2.07. The van der Waals surface area contributed by atoms with E-state index in [1.807, 2.05) is 22.7 Å². The molecule has 0 spiro atoms. The van der Waals surface area contributed by atoms with Crippen molar-refractivity contribution >= 4 is 17.4 Å². The molecule has 7 nitrogen and oxygen atoms in total. The lowest BCUT2D eigenvalue weighted by Gasteiger charge is -2.32. The average Bonchev–Trinajstić information content (AvgIpc) is 3.21. The number of hydrogen-bond donors (Lipinski definition) is 1. The van der Waals surface area contributed by atoms with E-state index in [0.29, 0.717) is 13.1 Å². The van der Waals surface area contributed by atoms with Crippen LogP contribution < -0.4 is 10.2 Å². The van der Waals surface area contributed by atoms with Gasteiger partial charge in [-0.05, 0) is 43.4 Å². The minimum absolute atomic E-state index is 0.00143. The van der Waals surface area contributed by atoms with Crippen LogP contribution in [0.25, 0.3) is 5.65 Å². The van der Waals surface area contributed by atoms with Gasteiger partial charge < -0.3 is 10.2 Å². The van der Waals surface area contributed by atoms with Crippen LogP contribution in [0.2, 0.25) is 0 Å². The highest BCUT2D eigenvalue weighted by molar-refractivity contribution is 5.79. The highest BCUT2D eigenvalue weighted by Crippen LogP contribution is 2.23. The molecule has 1 fully saturated rings. The normalized spacial score (nSPS) is 16.9. The van der Waals surface area contributed by atoms with E-state index in [2.05, 4.69) is 58.5 Å². The Morgan fingerprint density at radius 3 is 2.80 bits per heavy atom. The number of aromatic nitrogens is 4. The number of hydrogen-bond acceptors (Lipinski definition) is 5. The summed E-state index contributed by atoms with van der Waals surface area (Å²) in [5.74, 6) is 2.14. The number of aryl methyl sites for hydroxylation is 1. The molecule has 1 aliphatic heterocycles. The van der Waals surface area contributed by atoms with E-state index in [1.165, 1.54) is 5.56 Å². The summed E-state index contributed by atoms with van der Waals surface area (Å²) in [6.45, 7) is 6.50. The third kappa shape index (κ3) is 4.61. The zero-order valence-electron chi connectivity index (χ0n) is 17.8. The Kier molecular flexibility index (Phi) is 6.26. The van der Waals surface area contributed by atoms with Gasteiger partial charge in [0.1, 0.15) is 5.82 Å². The smallest absolute Gasteiger partial charge is 0.224 e. The number of amides is 1. The SMILES string of the molecule is CC(C)c1nnc2ccc(N3CCC[C@H](C(=O)NCCCc4ccccc4)C3)nn12. The average molecular weight is 407 g/mol. The van der Waals surface area contributed by atoms with Crippen molar-refractivity contribution in [3.05, 3.63) is 53.9 Å². The first kappa shape index (κ1) is 20.3. The number of piperidine rings is 1. The monoisotopic (exact) mass is 406 g/mol. The molecule has 0 unspecified atom stereocenters. The van der Waals surface area contributed by atoms with E-state index in [4.69, 9.17) is 5.10 Å². The summed E-state index contributed by atoms with van der Waals surface area (Å²) in [6.07, 6.45) is 3.85. The molecule has 1 atom stereocenters. The first-order valence-corrected chi connectivity index (χ1v) is 10.9. The van der Waals surface area contributed by atoms with Gasteiger partial charge in [0.2, 0.25) is 5.91 Å². The third-order valence-corrected chi connectivity index (χ3v) is 5.69. The third-order valence-electron chi connectivity index (χ3n) is 5.69. The van der Waals surface area contributed by atoms with E-state index in [1.54, 1.807) is 0 Å². The van der Waals surface area contributed by atoms with Crippen molar-refractivity contribution in [1.82, 2.24) is 25.1 Å². The summed E-state index contributed by atoms with van der Waals surface area (Å²) >= 11 is 0. The standard InChI is InChI=1S/C23H30N6O/c1-17(2)22-26-25-20-12-13-21(27-29(20)22)28-15-7-11-19(16-28)23(30)24-14-6-10-18-8-4-3-5-9-18/h3-5,8-9,12-13,17,19H,6-7,10-11,14-16H2,1-2H3,(H,24,30)/t19-/m0/s1. The molecule has 1 amide bonds. The number of fused-ring (bicyclic) bond motifs is 1. The van der Waals surface area contributed by atoms with Gasteiger partial charge >= 0.3 is 0 Å². The molecule has 3 aromatic rings. The predicted molar refractivity (Wildman–Crippen MR) is 118 cm³/mol. The molecule has 1 aromatic carbocycles. The minimum atomic E-state index is -0.00143. The van der Waals surface area contributed by atoms with Crippen LogP contribution in [0.5, 0.6) is 0 Å². The molecule has 7 heteroatoms. The van der Waals surface area contributed by atoms with Crippen LogP contribution in [0.15, 0.2) is 42.5 Å². The van der Waals surface area contributed by atoms with Gasteiger partial charge in [0.05, 0.1) is 5.92 Å². The number of anilines is 1. The lowest BCUT2D eigenvalue weighted by Crippen LogP contribution is -2.43. The molecule has 158 valence electrons. The highest BCUT2D eigenvalue weighted by atomic mass is 16.1. The molecule has 1 aliphatic rings. The Hall–Kier alpha value is -2.96. The molecule has 4 rings (SSSR count). The largest absolute Gasteiger partial charge is 0.356 e. The van der Waals surface area contributed by atoms with E-state index < -0.39 is 0 Å². The van der Waals surface area contributed by atoms with Crippen molar-refractivity contribution in [2.24, 2.45) is 5.92 Å². The quantitative estimate of drug-likeness (QED) is 0.610. The van der Waals surface area contributed by atoms with E-state index in [0.717, 1.165) is 49.5 Å². The molecule has 0 saturated carbocycles. The minimum Gasteiger partial charge on any atom is -0.356 e. The fourth-order valence-electron chi connectivity index (χ4n) is 4.02. The number of nitrogens with one attached hydrogen (secondary N) is 1. The van der Waals surface area contributed by atoms with Crippen molar-refractivity contribution in [2.75, 3.05) is 24.5 Å². The van der Waals surface area contributed by atoms with Crippen molar-refractivity contribution in [2.45, 2.75) is 45.4 Å². The number of rotatable bonds is 7. The molecular formula is C23H30N6O. The van der Waals surface area contributed by atoms with Gasteiger partial charge in [-0.15, -0.1) is 15.3 Å². The number of nitrogens with zero attached hydrogens (tertiary/aromatic N) is 5. The molecule has 30 heavy (non-hydrogen) atoms. The van der Waals surface area contributed by atoms with Gasteiger partial charge in [-0.2, -0.15) is 4.52 Å². The second kappa shape index (κ2) is 9.24. The molecule has 0 aliphatic carbocycles. The Labute approximate surface area is 177 Å². The second-order valence-electron chi connectivity index (χ2n) is 8.34. The Bertz CT molecular complexity index is 984. The maximum absolute atomic E-state index is 12.7. The van der Waals surface area contributed by atoms with Crippen molar-refractivity contribution < 1.29 is 4.79 Å². The van der Waals surface area contributed by atoms with Crippen molar-refractivity contribution in [3.63, 3.8) is 0 Å². The maximum Gasteiger partial charge on any atom is 0.224 e. The van der Waals surface area contributed by atoms with E-state index >= 15 is 0 Å². The van der Waals surface area contributed by atoms with Gasteiger partial charge in [0.25, 0.3) is 0 Å². The van der Waals surface area contributed by atoms with Crippen LogP contribution in [0.3, 0.4) is 0 Å². The second-order valence-corrected chi connectivity index (χ2v) is 8.34. The molecule has 3 heterocycles. The van der Waals surface area contributed by atoms with Crippen molar-refractivity contribution in [1.29, 1.82) is 0 Å². The van der Waals surface area contributed by atoms with Crippen LogP contribution in [0.1, 0.15) is 50.4 Å². The summed E-state index contributed by atoms with van der Waals surface area (Å²) in [7, 11) is 0. The fourth-order valence-corrected chi connectivity index (χ4v) is 4.02. The van der Waals surface area contributed by atoms with Gasteiger partial charge in [-0.3, -0.25) is 4.79 Å². The maximum atomic E-state index is 12.7. The Balaban J connectivity index is 1.34. The number of carbonyl (C=O) groups is 1. The van der Waals surface area contributed by atoms with Gasteiger partial charge in [-0.1, -0.05) is 44.2 Å². The Morgan fingerprint density at radius 1 is 1.17 bits per heavy atom. The zero-order valence-corrected chi connectivity index (χ0v) is 17.8.